The molecule has 0 amide bonds. The standard InChI is InChI=1S/C12H16O/c1-2-3-4-5-6-7-8-9-10-11-12-13/h1,12H,3-6,9-11H2. The van der Waals surface area contributed by atoms with Crippen molar-refractivity contribution in [1.29, 1.82) is 0 Å². The van der Waals surface area contributed by atoms with E-state index in [1.165, 1.54) is 0 Å². The van der Waals surface area contributed by atoms with Crippen LogP contribution in [0, 0.1) is 24.2 Å². The van der Waals surface area contributed by atoms with E-state index in [4.69, 9.17) is 6.42 Å². The molecule has 0 atom stereocenters. The fraction of sp³-hybridized carbons (Fsp3) is 0.583. The van der Waals surface area contributed by atoms with E-state index in [0.29, 0.717) is 6.42 Å². The Balaban J connectivity index is 3.11. The number of carbonyl (C=O) groups is 1. The summed E-state index contributed by atoms with van der Waals surface area (Å²) < 4.78 is 0. The van der Waals surface area contributed by atoms with Gasteiger partial charge >= 0.3 is 0 Å². The Morgan fingerprint density at radius 1 is 1.00 bits per heavy atom. The maximum absolute atomic E-state index is 9.94. The number of terminal acetylenes is 1. The van der Waals surface area contributed by atoms with Gasteiger partial charge in [0, 0.05) is 25.7 Å². The molecule has 0 aromatic rings. The first-order valence-corrected chi connectivity index (χ1v) is 4.74. The number of aldehydes is 1. The van der Waals surface area contributed by atoms with Crippen molar-refractivity contribution in [2.45, 2.75) is 44.9 Å². The quantitative estimate of drug-likeness (QED) is 0.345. The van der Waals surface area contributed by atoms with Crippen molar-refractivity contribution in [3.63, 3.8) is 0 Å². The second-order valence-electron chi connectivity index (χ2n) is 2.82. The van der Waals surface area contributed by atoms with Crippen LogP contribution < -0.4 is 0 Å². The summed E-state index contributed by atoms with van der Waals surface area (Å²) in [5.41, 5.74) is 0. The zero-order valence-corrected chi connectivity index (χ0v) is 8.01. The highest BCUT2D eigenvalue weighted by atomic mass is 16.1. The molecule has 0 aliphatic carbocycles. The molecule has 0 fully saturated rings. The Morgan fingerprint density at radius 2 is 1.62 bits per heavy atom. The predicted molar refractivity (Wildman–Crippen MR) is 55.0 cm³/mol. The third-order valence-corrected chi connectivity index (χ3v) is 1.62. The van der Waals surface area contributed by atoms with Gasteiger partial charge in [0.2, 0.25) is 0 Å². The first-order chi connectivity index (χ1) is 6.41. The van der Waals surface area contributed by atoms with E-state index < -0.39 is 0 Å². The fourth-order valence-electron chi connectivity index (χ4n) is 0.891. The Bertz CT molecular complexity index is 212. The van der Waals surface area contributed by atoms with Crippen LogP contribution in [0.1, 0.15) is 44.9 Å². The summed E-state index contributed by atoms with van der Waals surface area (Å²) in [7, 11) is 0. The highest BCUT2D eigenvalue weighted by Crippen LogP contribution is 1.97. The van der Waals surface area contributed by atoms with Gasteiger partial charge in [0.15, 0.2) is 0 Å². The van der Waals surface area contributed by atoms with E-state index in [9.17, 15) is 4.79 Å². The van der Waals surface area contributed by atoms with Gasteiger partial charge in [0.05, 0.1) is 0 Å². The predicted octanol–water partition coefficient (Wildman–Crippen LogP) is 2.55. The minimum absolute atomic E-state index is 0.631. The van der Waals surface area contributed by atoms with Crippen LogP contribution >= 0.6 is 0 Å². The van der Waals surface area contributed by atoms with E-state index in [1.54, 1.807) is 0 Å². The normalized spacial score (nSPS) is 8.23. The van der Waals surface area contributed by atoms with Crippen LogP contribution in [-0.4, -0.2) is 6.29 Å². The van der Waals surface area contributed by atoms with Gasteiger partial charge in [-0.15, -0.1) is 24.2 Å². The smallest absolute Gasteiger partial charge is 0.120 e. The second-order valence-corrected chi connectivity index (χ2v) is 2.82. The number of hydrogen-bond donors (Lipinski definition) is 0. The van der Waals surface area contributed by atoms with Crippen LogP contribution in [0.5, 0.6) is 0 Å². The van der Waals surface area contributed by atoms with E-state index in [1.807, 2.05) is 0 Å². The lowest BCUT2D eigenvalue weighted by molar-refractivity contribution is -0.107. The van der Waals surface area contributed by atoms with E-state index in [2.05, 4.69) is 17.8 Å². The molecule has 0 radical (unpaired) electrons. The van der Waals surface area contributed by atoms with Crippen LogP contribution in [-0.2, 0) is 4.79 Å². The van der Waals surface area contributed by atoms with Crippen LogP contribution in [0.3, 0.4) is 0 Å². The van der Waals surface area contributed by atoms with Crippen molar-refractivity contribution in [3.05, 3.63) is 0 Å². The van der Waals surface area contributed by atoms with Crippen LogP contribution in [0.15, 0.2) is 0 Å². The summed E-state index contributed by atoms with van der Waals surface area (Å²) in [6.07, 6.45) is 12.4. The molecule has 0 aliphatic heterocycles. The van der Waals surface area contributed by atoms with Crippen LogP contribution in [0.4, 0.5) is 0 Å². The number of unbranched alkanes of at least 4 members (excludes halogenated alkanes) is 5. The van der Waals surface area contributed by atoms with Gasteiger partial charge in [-0.1, -0.05) is 0 Å². The van der Waals surface area contributed by atoms with E-state index in [0.717, 1.165) is 44.8 Å². The second kappa shape index (κ2) is 10.8. The first-order valence-electron chi connectivity index (χ1n) is 4.74. The largest absolute Gasteiger partial charge is 0.303 e. The highest BCUT2D eigenvalue weighted by molar-refractivity contribution is 5.49. The van der Waals surface area contributed by atoms with Crippen molar-refractivity contribution < 1.29 is 4.79 Å². The number of hydrogen-bond acceptors (Lipinski definition) is 1. The zero-order chi connectivity index (χ0) is 9.78. The fourth-order valence-corrected chi connectivity index (χ4v) is 0.891. The SMILES string of the molecule is C#CCCCCC#CCCCC=O. The Kier molecular flexibility index (Phi) is 9.79. The molecule has 0 unspecified atom stereocenters. The monoisotopic (exact) mass is 176 g/mol. The maximum Gasteiger partial charge on any atom is 0.120 e. The molecule has 70 valence electrons. The minimum Gasteiger partial charge on any atom is -0.303 e. The van der Waals surface area contributed by atoms with Gasteiger partial charge in [0.25, 0.3) is 0 Å². The average molecular weight is 176 g/mol. The van der Waals surface area contributed by atoms with Crippen LogP contribution in [0.25, 0.3) is 0 Å². The Labute approximate surface area is 80.9 Å². The van der Waals surface area contributed by atoms with Crippen molar-refractivity contribution in [2.75, 3.05) is 0 Å². The average Bonchev–Trinajstić information content (AvgIpc) is 2.16. The van der Waals surface area contributed by atoms with E-state index in [-0.39, 0.29) is 0 Å². The van der Waals surface area contributed by atoms with Crippen molar-refractivity contribution >= 4 is 6.29 Å². The molecule has 0 bridgehead atoms. The van der Waals surface area contributed by atoms with Gasteiger partial charge in [0.1, 0.15) is 6.29 Å². The molecular formula is C12H16O. The minimum atomic E-state index is 0.631. The summed E-state index contributed by atoms with van der Waals surface area (Å²) in [4.78, 5) is 9.94. The summed E-state index contributed by atoms with van der Waals surface area (Å²) in [5, 5.41) is 0. The van der Waals surface area contributed by atoms with Gasteiger partial charge in [-0.25, -0.2) is 0 Å². The third kappa shape index (κ3) is 10.8. The maximum atomic E-state index is 9.94. The summed E-state index contributed by atoms with van der Waals surface area (Å²) in [6.45, 7) is 0. The molecule has 0 N–H and O–H groups in total. The molecule has 0 rings (SSSR count). The summed E-state index contributed by atoms with van der Waals surface area (Å²) in [6, 6.07) is 0. The molecule has 0 aliphatic rings. The van der Waals surface area contributed by atoms with E-state index >= 15 is 0 Å². The van der Waals surface area contributed by atoms with Gasteiger partial charge in [-0.05, 0) is 19.3 Å². The molecule has 13 heavy (non-hydrogen) atoms. The molecule has 0 spiro atoms. The highest BCUT2D eigenvalue weighted by Gasteiger charge is 1.83. The molecular weight excluding hydrogens is 160 g/mol. The topological polar surface area (TPSA) is 17.1 Å². The molecule has 1 heteroatoms. The summed E-state index contributed by atoms with van der Waals surface area (Å²) in [5.74, 6) is 8.70. The van der Waals surface area contributed by atoms with Gasteiger partial charge in [-0.3, -0.25) is 0 Å². The zero-order valence-electron chi connectivity index (χ0n) is 8.01. The first kappa shape index (κ1) is 11.8. The Morgan fingerprint density at radius 3 is 2.23 bits per heavy atom. The molecule has 0 heterocycles. The van der Waals surface area contributed by atoms with Crippen molar-refractivity contribution in [2.24, 2.45) is 0 Å². The molecule has 1 nitrogen and oxygen atoms in total. The molecule has 0 aromatic carbocycles. The van der Waals surface area contributed by atoms with Gasteiger partial charge < -0.3 is 4.79 Å². The van der Waals surface area contributed by atoms with Crippen molar-refractivity contribution in [3.8, 4) is 24.2 Å². The Hall–Kier alpha value is -1.21. The van der Waals surface area contributed by atoms with Gasteiger partial charge in [-0.2, -0.15) is 0 Å². The number of carbonyl (C=O) groups excluding carboxylic acids is 1. The molecule has 0 saturated heterocycles. The third-order valence-electron chi connectivity index (χ3n) is 1.62. The van der Waals surface area contributed by atoms with Crippen molar-refractivity contribution in [1.82, 2.24) is 0 Å². The molecule has 0 saturated carbocycles. The lowest BCUT2D eigenvalue weighted by Crippen LogP contribution is -1.75. The van der Waals surface area contributed by atoms with Crippen LogP contribution in [0.2, 0.25) is 0 Å². The lowest BCUT2D eigenvalue weighted by atomic mass is 10.2. The molecule has 0 aromatic heterocycles. The number of rotatable bonds is 6. The lowest BCUT2D eigenvalue weighted by Gasteiger charge is -1.88. The summed E-state index contributed by atoms with van der Waals surface area (Å²) >= 11 is 0.